The number of fused-ring (bicyclic) bond motifs is 1. The van der Waals surface area contributed by atoms with E-state index >= 15 is 0 Å². The second-order valence-electron chi connectivity index (χ2n) is 3.78. The molecule has 3 nitrogen and oxygen atoms in total. The number of halogens is 1. The third-order valence-electron chi connectivity index (χ3n) is 2.61. The van der Waals surface area contributed by atoms with Gasteiger partial charge >= 0.3 is 0 Å². The van der Waals surface area contributed by atoms with Gasteiger partial charge in [0.2, 0.25) is 0 Å². The van der Waals surface area contributed by atoms with Crippen molar-refractivity contribution in [2.75, 3.05) is 0 Å². The van der Waals surface area contributed by atoms with Crippen LogP contribution < -0.4 is 5.73 Å². The van der Waals surface area contributed by atoms with Crippen molar-refractivity contribution in [3.8, 4) is 0 Å². The van der Waals surface area contributed by atoms with Crippen molar-refractivity contribution < 1.29 is 4.39 Å². The lowest BCUT2D eigenvalue weighted by atomic mass is 10.2. The molecule has 0 aliphatic rings. The van der Waals surface area contributed by atoms with Crippen LogP contribution in [0, 0.1) is 5.82 Å². The number of hydrogen-bond donors (Lipinski definition) is 2. The van der Waals surface area contributed by atoms with Crippen LogP contribution in [0.5, 0.6) is 0 Å². The Hall–Kier alpha value is -1.72. The predicted octanol–water partition coefficient (Wildman–Crippen LogP) is 2.81. The van der Waals surface area contributed by atoms with Crippen molar-refractivity contribution >= 4 is 22.4 Å². The second kappa shape index (κ2) is 3.94. The minimum Gasteiger partial charge on any atom is -0.340 e. The monoisotopic (exact) mass is 247 g/mol. The summed E-state index contributed by atoms with van der Waals surface area (Å²) in [7, 11) is 0. The van der Waals surface area contributed by atoms with Crippen LogP contribution in [0.25, 0.3) is 11.0 Å². The molecule has 0 aliphatic heterocycles. The normalized spacial score (nSPS) is 13.1. The zero-order valence-electron chi connectivity index (χ0n) is 8.85. The van der Waals surface area contributed by atoms with Gasteiger partial charge in [-0.1, -0.05) is 6.07 Å². The Balaban J connectivity index is 2.06. The molecule has 86 valence electrons. The van der Waals surface area contributed by atoms with Gasteiger partial charge in [-0.25, -0.2) is 9.37 Å². The maximum Gasteiger partial charge on any atom is 0.129 e. The Morgan fingerprint density at radius 1 is 1.35 bits per heavy atom. The van der Waals surface area contributed by atoms with E-state index in [1.807, 2.05) is 17.5 Å². The predicted molar refractivity (Wildman–Crippen MR) is 66.4 cm³/mol. The number of aromatic nitrogens is 2. The fraction of sp³-hybridized carbons (Fsp3) is 0.0833. The minimum atomic E-state index is -0.287. The maximum absolute atomic E-state index is 13.0. The molecule has 0 saturated carbocycles. The highest BCUT2D eigenvalue weighted by Crippen LogP contribution is 2.23. The average molecular weight is 247 g/mol. The first-order valence-electron chi connectivity index (χ1n) is 5.18. The highest BCUT2D eigenvalue weighted by atomic mass is 32.1. The highest BCUT2D eigenvalue weighted by molar-refractivity contribution is 7.10. The molecular weight excluding hydrogens is 237 g/mol. The van der Waals surface area contributed by atoms with Crippen LogP contribution in [-0.4, -0.2) is 9.97 Å². The Bertz CT molecular complexity index is 645. The van der Waals surface area contributed by atoms with Gasteiger partial charge in [-0.05, 0) is 29.6 Å². The van der Waals surface area contributed by atoms with Crippen LogP contribution in [-0.2, 0) is 0 Å². The summed E-state index contributed by atoms with van der Waals surface area (Å²) in [6.07, 6.45) is 0. The molecule has 0 bridgehead atoms. The van der Waals surface area contributed by atoms with Gasteiger partial charge in [0.15, 0.2) is 0 Å². The molecule has 3 rings (SSSR count). The molecule has 0 spiro atoms. The van der Waals surface area contributed by atoms with E-state index in [4.69, 9.17) is 5.73 Å². The van der Waals surface area contributed by atoms with E-state index in [0.717, 1.165) is 10.4 Å². The van der Waals surface area contributed by atoms with E-state index in [9.17, 15) is 4.39 Å². The molecule has 3 N–H and O–H groups in total. The number of thiophene rings is 1. The number of hydrogen-bond acceptors (Lipinski definition) is 3. The van der Waals surface area contributed by atoms with Gasteiger partial charge in [-0.15, -0.1) is 11.3 Å². The summed E-state index contributed by atoms with van der Waals surface area (Å²) in [6.45, 7) is 0. The molecule has 17 heavy (non-hydrogen) atoms. The van der Waals surface area contributed by atoms with E-state index < -0.39 is 0 Å². The van der Waals surface area contributed by atoms with E-state index in [0.29, 0.717) is 11.3 Å². The smallest absolute Gasteiger partial charge is 0.129 e. The second-order valence-corrected chi connectivity index (χ2v) is 4.76. The number of imidazole rings is 1. The van der Waals surface area contributed by atoms with Crippen molar-refractivity contribution in [1.82, 2.24) is 9.97 Å². The number of nitrogens with two attached hydrogens (primary N) is 1. The Kier molecular flexibility index (Phi) is 2.42. The fourth-order valence-electron chi connectivity index (χ4n) is 1.75. The topological polar surface area (TPSA) is 54.7 Å². The van der Waals surface area contributed by atoms with Gasteiger partial charge in [-0.2, -0.15) is 0 Å². The van der Waals surface area contributed by atoms with Crippen LogP contribution in [0.2, 0.25) is 0 Å². The van der Waals surface area contributed by atoms with Crippen LogP contribution in [0.1, 0.15) is 16.7 Å². The minimum absolute atomic E-state index is 0.280. The Morgan fingerprint density at radius 2 is 2.24 bits per heavy atom. The van der Waals surface area contributed by atoms with E-state index in [-0.39, 0.29) is 11.9 Å². The molecule has 2 heterocycles. The van der Waals surface area contributed by atoms with Gasteiger partial charge in [0.25, 0.3) is 0 Å². The van der Waals surface area contributed by atoms with Crippen molar-refractivity contribution in [2.45, 2.75) is 6.04 Å². The standard InChI is InChI=1S/C12H10FN3S/c13-7-3-4-8-9(6-7)16-12(15-8)11(14)10-2-1-5-17-10/h1-6,11H,14H2,(H,15,16). The van der Waals surface area contributed by atoms with E-state index in [1.165, 1.54) is 12.1 Å². The molecule has 0 aliphatic carbocycles. The number of nitrogens with zero attached hydrogens (tertiary/aromatic N) is 1. The number of aromatic amines is 1. The average Bonchev–Trinajstić information content (AvgIpc) is 2.96. The lowest BCUT2D eigenvalue weighted by Crippen LogP contribution is -2.11. The van der Waals surface area contributed by atoms with Gasteiger partial charge < -0.3 is 10.7 Å². The summed E-state index contributed by atoms with van der Waals surface area (Å²) in [6, 6.07) is 8.08. The summed E-state index contributed by atoms with van der Waals surface area (Å²) in [5, 5.41) is 1.97. The molecule has 1 aromatic carbocycles. The van der Waals surface area contributed by atoms with Crippen LogP contribution in [0.15, 0.2) is 35.7 Å². The lowest BCUT2D eigenvalue weighted by molar-refractivity contribution is 0.629. The molecule has 0 fully saturated rings. The third kappa shape index (κ3) is 1.83. The molecular formula is C12H10FN3S. The summed E-state index contributed by atoms with van der Waals surface area (Å²) >= 11 is 1.58. The molecule has 1 atom stereocenters. The molecule has 1 unspecified atom stereocenters. The van der Waals surface area contributed by atoms with Crippen molar-refractivity contribution in [2.24, 2.45) is 5.73 Å². The van der Waals surface area contributed by atoms with Gasteiger partial charge in [0.05, 0.1) is 17.1 Å². The zero-order chi connectivity index (χ0) is 11.8. The summed E-state index contributed by atoms with van der Waals surface area (Å²) < 4.78 is 13.0. The van der Waals surface area contributed by atoms with Crippen molar-refractivity contribution in [3.63, 3.8) is 0 Å². The zero-order valence-corrected chi connectivity index (χ0v) is 9.67. The molecule has 2 aromatic heterocycles. The Labute approximate surface area is 101 Å². The van der Waals surface area contributed by atoms with E-state index in [2.05, 4.69) is 9.97 Å². The van der Waals surface area contributed by atoms with Crippen LogP contribution in [0.3, 0.4) is 0 Å². The maximum atomic E-state index is 13.0. The van der Waals surface area contributed by atoms with E-state index in [1.54, 1.807) is 17.4 Å². The first-order chi connectivity index (χ1) is 8.24. The van der Waals surface area contributed by atoms with Crippen LogP contribution >= 0.6 is 11.3 Å². The molecule has 3 aromatic rings. The van der Waals surface area contributed by atoms with Crippen LogP contribution in [0.4, 0.5) is 4.39 Å². The van der Waals surface area contributed by atoms with Crippen molar-refractivity contribution in [1.29, 1.82) is 0 Å². The number of H-pyrrole nitrogens is 1. The quantitative estimate of drug-likeness (QED) is 0.731. The first-order valence-corrected chi connectivity index (χ1v) is 6.06. The number of rotatable bonds is 2. The molecule has 0 amide bonds. The first kappa shape index (κ1) is 10.4. The Morgan fingerprint density at radius 3 is 3.00 bits per heavy atom. The largest absolute Gasteiger partial charge is 0.340 e. The summed E-state index contributed by atoms with van der Waals surface area (Å²) in [4.78, 5) is 8.46. The molecule has 5 heteroatoms. The lowest BCUT2D eigenvalue weighted by Gasteiger charge is -2.04. The molecule has 0 saturated heterocycles. The van der Waals surface area contributed by atoms with Crippen molar-refractivity contribution in [3.05, 3.63) is 52.2 Å². The third-order valence-corrected chi connectivity index (χ3v) is 3.56. The molecule has 0 radical (unpaired) electrons. The SMILES string of the molecule is NC(c1nc2ccc(F)cc2[nH]1)c1cccs1. The number of nitrogens with one attached hydrogen (secondary N) is 1. The fourth-order valence-corrected chi connectivity index (χ4v) is 2.48. The van der Waals surface area contributed by atoms with Gasteiger partial charge in [-0.3, -0.25) is 0 Å². The number of benzene rings is 1. The van der Waals surface area contributed by atoms with Gasteiger partial charge in [0.1, 0.15) is 11.6 Å². The van der Waals surface area contributed by atoms with Gasteiger partial charge in [0, 0.05) is 4.88 Å². The summed E-state index contributed by atoms with van der Waals surface area (Å²) in [5.74, 6) is 0.380. The summed E-state index contributed by atoms with van der Waals surface area (Å²) in [5.41, 5.74) is 7.49. The highest BCUT2D eigenvalue weighted by Gasteiger charge is 2.14.